The maximum absolute atomic E-state index is 9.26. The molecule has 0 bridgehead atoms. The molecule has 1 aliphatic rings. The summed E-state index contributed by atoms with van der Waals surface area (Å²) in [5.74, 6) is 0. The molecule has 3 N–H and O–H groups in total. The Hall–Kier alpha value is -0.460. The van der Waals surface area contributed by atoms with Gasteiger partial charge in [0, 0.05) is 23.6 Å². The van der Waals surface area contributed by atoms with Crippen LogP contribution in [0, 0.1) is 0 Å². The van der Waals surface area contributed by atoms with E-state index in [0.29, 0.717) is 13.2 Å². The Morgan fingerprint density at radius 1 is 1.53 bits per heavy atom. The highest BCUT2D eigenvalue weighted by Crippen LogP contribution is 2.30. The Labute approximate surface area is 122 Å². The molecule has 0 spiro atoms. The van der Waals surface area contributed by atoms with E-state index in [1.165, 1.54) is 5.56 Å². The second kappa shape index (κ2) is 6.81. The number of benzene rings is 1. The van der Waals surface area contributed by atoms with Gasteiger partial charge in [0.1, 0.15) is 0 Å². The monoisotopic (exact) mass is 328 g/mol. The molecule has 3 atom stereocenters. The highest BCUT2D eigenvalue weighted by molar-refractivity contribution is 9.10. The fourth-order valence-corrected chi connectivity index (χ4v) is 3.15. The lowest BCUT2D eigenvalue weighted by Crippen LogP contribution is -2.49. The second-order valence-electron chi connectivity index (χ2n) is 5.00. The van der Waals surface area contributed by atoms with E-state index in [4.69, 9.17) is 10.5 Å². The van der Waals surface area contributed by atoms with Gasteiger partial charge in [0.2, 0.25) is 0 Å². The zero-order valence-corrected chi connectivity index (χ0v) is 12.7. The van der Waals surface area contributed by atoms with Crippen molar-refractivity contribution in [3.8, 4) is 0 Å². The molecule has 19 heavy (non-hydrogen) atoms. The van der Waals surface area contributed by atoms with E-state index in [1.54, 1.807) is 0 Å². The molecule has 0 aromatic heterocycles. The third-order valence-corrected chi connectivity index (χ3v) is 4.21. The number of aliphatic hydroxyl groups excluding tert-OH is 1. The molecule has 3 unspecified atom stereocenters. The van der Waals surface area contributed by atoms with Crippen molar-refractivity contribution in [2.45, 2.75) is 25.1 Å². The summed E-state index contributed by atoms with van der Waals surface area (Å²) in [4.78, 5) is 2.30. The van der Waals surface area contributed by atoms with E-state index in [1.807, 2.05) is 25.1 Å². The van der Waals surface area contributed by atoms with Gasteiger partial charge >= 0.3 is 0 Å². The van der Waals surface area contributed by atoms with Crippen molar-refractivity contribution >= 4 is 15.9 Å². The van der Waals surface area contributed by atoms with Crippen molar-refractivity contribution in [1.82, 2.24) is 4.90 Å². The van der Waals surface area contributed by atoms with Gasteiger partial charge < -0.3 is 15.6 Å². The predicted molar refractivity (Wildman–Crippen MR) is 78.9 cm³/mol. The van der Waals surface area contributed by atoms with E-state index in [-0.39, 0.29) is 24.8 Å². The number of rotatable bonds is 4. The second-order valence-corrected chi connectivity index (χ2v) is 5.85. The highest BCUT2D eigenvalue weighted by atomic mass is 79.9. The van der Waals surface area contributed by atoms with Crippen LogP contribution in [-0.2, 0) is 4.74 Å². The minimum absolute atomic E-state index is 0.0103. The molecule has 106 valence electrons. The molecule has 1 fully saturated rings. The van der Waals surface area contributed by atoms with Crippen LogP contribution in [-0.4, -0.2) is 48.5 Å². The van der Waals surface area contributed by atoms with Gasteiger partial charge in [-0.05, 0) is 18.6 Å². The number of nitrogens with two attached hydrogens (primary N) is 1. The lowest BCUT2D eigenvalue weighted by Gasteiger charge is -2.40. The van der Waals surface area contributed by atoms with E-state index in [9.17, 15) is 5.11 Å². The SMILES string of the molecule is CC(N)C(c1ccccc1Br)N1CCOC(CO)C1. The number of morpholine rings is 1. The topological polar surface area (TPSA) is 58.7 Å². The van der Waals surface area contributed by atoms with Crippen LogP contribution in [0.1, 0.15) is 18.5 Å². The normalized spacial score (nSPS) is 24.1. The van der Waals surface area contributed by atoms with Crippen molar-refractivity contribution < 1.29 is 9.84 Å². The van der Waals surface area contributed by atoms with Gasteiger partial charge in [-0.25, -0.2) is 0 Å². The number of hydrogen-bond acceptors (Lipinski definition) is 4. The minimum Gasteiger partial charge on any atom is -0.394 e. The first-order valence-electron chi connectivity index (χ1n) is 6.60. The first-order valence-corrected chi connectivity index (χ1v) is 7.39. The molecule has 5 heteroatoms. The molecule has 4 nitrogen and oxygen atoms in total. The third-order valence-electron chi connectivity index (χ3n) is 3.49. The number of nitrogens with zero attached hydrogens (tertiary/aromatic N) is 1. The van der Waals surface area contributed by atoms with Crippen LogP contribution in [0.5, 0.6) is 0 Å². The van der Waals surface area contributed by atoms with Crippen LogP contribution >= 0.6 is 15.9 Å². The molecule has 1 saturated heterocycles. The van der Waals surface area contributed by atoms with Crippen molar-refractivity contribution in [2.24, 2.45) is 5.73 Å². The highest BCUT2D eigenvalue weighted by Gasteiger charge is 2.30. The summed E-state index contributed by atoms with van der Waals surface area (Å²) >= 11 is 3.60. The van der Waals surface area contributed by atoms with Crippen LogP contribution in [0.2, 0.25) is 0 Å². The molecule has 1 heterocycles. The van der Waals surface area contributed by atoms with Crippen molar-refractivity contribution in [3.63, 3.8) is 0 Å². The largest absolute Gasteiger partial charge is 0.394 e. The fourth-order valence-electron chi connectivity index (χ4n) is 2.63. The predicted octanol–water partition coefficient (Wildman–Crippen LogP) is 1.53. The summed E-state index contributed by atoms with van der Waals surface area (Å²) in [6.45, 7) is 4.26. The van der Waals surface area contributed by atoms with Crippen LogP contribution in [0.25, 0.3) is 0 Å². The van der Waals surface area contributed by atoms with Crippen LogP contribution in [0.4, 0.5) is 0 Å². The Morgan fingerprint density at radius 2 is 2.26 bits per heavy atom. The lowest BCUT2D eigenvalue weighted by molar-refractivity contribution is -0.0676. The van der Waals surface area contributed by atoms with Gasteiger partial charge in [-0.3, -0.25) is 4.90 Å². The minimum atomic E-state index is -0.113. The first kappa shape index (κ1) is 14.9. The average molecular weight is 329 g/mol. The van der Waals surface area contributed by atoms with Crippen molar-refractivity contribution in [2.75, 3.05) is 26.3 Å². The molecular weight excluding hydrogens is 308 g/mol. The maximum atomic E-state index is 9.26. The van der Waals surface area contributed by atoms with Gasteiger partial charge in [0.05, 0.1) is 25.4 Å². The van der Waals surface area contributed by atoms with Crippen LogP contribution < -0.4 is 5.73 Å². The first-order chi connectivity index (χ1) is 9.13. The summed E-state index contributed by atoms with van der Waals surface area (Å²) in [5.41, 5.74) is 7.38. The van der Waals surface area contributed by atoms with Gasteiger partial charge in [-0.1, -0.05) is 34.1 Å². The lowest BCUT2D eigenvalue weighted by atomic mass is 9.98. The van der Waals surface area contributed by atoms with Crippen molar-refractivity contribution in [1.29, 1.82) is 0 Å². The zero-order chi connectivity index (χ0) is 13.8. The fraction of sp³-hybridized carbons (Fsp3) is 0.571. The van der Waals surface area contributed by atoms with E-state index < -0.39 is 0 Å². The number of ether oxygens (including phenoxy) is 1. The summed E-state index contributed by atoms with van der Waals surface area (Å²) in [5, 5.41) is 9.26. The van der Waals surface area contributed by atoms with Gasteiger partial charge in [-0.15, -0.1) is 0 Å². The van der Waals surface area contributed by atoms with Crippen LogP contribution in [0.15, 0.2) is 28.7 Å². The Morgan fingerprint density at radius 3 is 2.89 bits per heavy atom. The summed E-state index contributed by atoms with van der Waals surface area (Å²) < 4.78 is 6.58. The van der Waals surface area contributed by atoms with Gasteiger partial charge in [-0.2, -0.15) is 0 Å². The summed E-state index contributed by atoms with van der Waals surface area (Å²) in [6.07, 6.45) is -0.113. The van der Waals surface area contributed by atoms with E-state index in [2.05, 4.69) is 26.9 Å². The zero-order valence-electron chi connectivity index (χ0n) is 11.1. The molecule has 1 aliphatic heterocycles. The molecule has 1 aromatic carbocycles. The molecule has 2 rings (SSSR count). The molecule has 0 amide bonds. The van der Waals surface area contributed by atoms with Gasteiger partial charge in [0.15, 0.2) is 0 Å². The average Bonchev–Trinajstić information content (AvgIpc) is 2.41. The number of hydrogen-bond donors (Lipinski definition) is 2. The van der Waals surface area contributed by atoms with Crippen LogP contribution in [0.3, 0.4) is 0 Å². The summed E-state index contributed by atoms with van der Waals surface area (Å²) in [7, 11) is 0. The third kappa shape index (κ3) is 3.55. The Kier molecular flexibility index (Phi) is 5.36. The molecule has 0 aliphatic carbocycles. The molecule has 0 radical (unpaired) electrons. The number of aliphatic hydroxyl groups is 1. The maximum Gasteiger partial charge on any atom is 0.0933 e. The van der Waals surface area contributed by atoms with E-state index in [0.717, 1.165) is 11.0 Å². The standard InChI is InChI=1S/C14H21BrN2O2/c1-10(16)14(12-4-2-3-5-13(12)15)17-6-7-19-11(8-17)9-18/h2-5,10-11,14,18H,6-9,16H2,1H3. The van der Waals surface area contributed by atoms with Gasteiger partial charge in [0.25, 0.3) is 0 Å². The summed E-state index contributed by atoms with van der Waals surface area (Å²) in [6, 6.07) is 8.31. The Bertz CT molecular complexity index is 414. The van der Waals surface area contributed by atoms with Crippen molar-refractivity contribution in [3.05, 3.63) is 34.3 Å². The molecule has 0 saturated carbocycles. The smallest absolute Gasteiger partial charge is 0.0933 e. The Balaban J connectivity index is 2.23. The van der Waals surface area contributed by atoms with E-state index >= 15 is 0 Å². The number of halogens is 1. The quantitative estimate of drug-likeness (QED) is 0.880. The molecular formula is C14H21BrN2O2. The molecule has 1 aromatic rings.